The summed E-state index contributed by atoms with van der Waals surface area (Å²) in [6, 6.07) is 29.9. The molecule has 0 saturated carbocycles. The third-order valence-corrected chi connectivity index (χ3v) is 7.56. The fourth-order valence-electron chi connectivity index (χ4n) is 4.84. The molecule has 1 fully saturated rings. The number of halogens is 2. The molecule has 1 aliphatic heterocycles. The second-order valence-electron chi connectivity index (χ2n) is 9.52. The summed E-state index contributed by atoms with van der Waals surface area (Å²) in [6.45, 7) is -0.112. The number of anilines is 2. The molecule has 2 aromatic heterocycles. The Bertz CT molecular complexity index is 1720. The minimum Gasteiger partial charge on any atom is -0.484 e. The van der Waals surface area contributed by atoms with Gasteiger partial charge in [-0.05, 0) is 91.1 Å². The molecule has 1 amide bonds. The molecule has 2 atom stereocenters. The summed E-state index contributed by atoms with van der Waals surface area (Å²) in [5, 5.41) is 6.72. The molecule has 3 aromatic carbocycles. The normalized spacial score (nSPS) is 16.2. The summed E-state index contributed by atoms with van der Waals surface area (Å²) in [6.07, 6.45) is 1.73. The number of nitrogens with one attached hydrogen (secondary N) is 2. The van der Waals surface area contributed by atoms with Crippen LogP contribution in [0.1, 0.15) is 23.5 Å². The highest BCUT2D eigenvalue weighted by molar-refractivity contribution is 9.10. The topological polar surface area (TPSA) is 79.6 Å². The molecule has 210 valence electrons. The van der Waals surface area contributed by atoms with Gasteiger partial charge >= 0.3 is 0 Å². The molecule has 0 spiro atoms. The molecule has 6 rings (SSSR count). The molecule has 2 N–H and O–H groups in total. The number of hydrogen-bond donors (Lipinski definition) is 2. The van der Waals surface area contributed by atoms with Gasteiger partial charge in [0.05, 0.1) is 17.3 Å². The van der Waals surface area contributed by atoms with Crippen LogP contribution in [0.2, 0.25) is 0 Å². The van der Waals surface area contributed by atoms with Gasteiger partial charge in [-0.3, -0.25) is 9.78 Å². The number of amides is 1. The zero-order valence-electron chi connectivity index (χ0n) is 22.0. The first-order valence-corrected chi connectivity index (χ1v) is 14.3. The molecule has 10 heteroatoms. The molecule has 0 aliphatic carbocycles. The zero-order chi connectivity index (χ0) is 29.1. The molecule has 0 bridgehead atoms. The number of benzene rings is 3. The quantitative estimate of drug-likeness (QED) is 0.170. The summed E-state index contributed by atoms with van der Waals surface area (Å²) in [7, 11) is 0. The van der Waals surface area contributed by atoms with Crippen molar-refractivity contribution in [2.75, 3.05) is 16.8 Å². The molecule has 5 aromatic rings. The molecule has 42 heavy (non-hydrogen) atoms. The van der Waals surface area contributed by atoms with Gasteiger partial charge in [-0.15, -0.1) is 0 Å². The minimum absolute atomic E-state index is 0.112. The first-order valence-electron chi connectivity index (χ1n) is 13.1. The van der Waals surface area contributed by atoms with Crippen molar-refractivity contribution in [3.05, 3.63) is 131 Å². The zero-order valence-corrected chi connectivity index (χ0v) is 24.4. The van der Waals surface area contributed by atoms with Crippen LogP contribution in [0.15, 0.2) is 118 Å². The van der Waals surface area contributed by atoms with Gasteiger partial charge in [-0.1, -0.05) is 40.2 Å². The lowest BCUT2D eigenvalue weighted by atomic mass is 10.0. The molecular formula is C32H24BrFN4O3S. The summed E-state index contributed by atoms with van der Waals surface area (Å²) in [4.78, 5) is 19.0. The van der Waals surface area contributed by atoms with Crippen LogP contribution < -0.4 is 20.3 Å². The van der Waals surface area contributed by atoms with Crippen LogP contribution in [-0.2, 0) is 4.79 Å². The van der Waals surface area contributed by atoms with Crippen LogP contribution in [0.5, 0.6) is 5.75 Å². The van der Waals surface area contributed by atoms with Crippen molar-refractivity contribution >= 4 is 50.5 Å². The van der Waals surface area contributed by atoms with Crippen LogP contribution in [0.3, 0.4) is 0 Å². The number of nitrogens with zero attached hydrogens (tertiary/aromatic N) is 2. The van der Waals surface area contributed by atoms with Gasteiger partial charge < -0.3 is 24.7 Å². The summed E-state index contributed by atoms with van der Waals surface area (Å²) in [5.74, 6) is 0.946. The first kappa shape index (κ1) is 27.6. The monoisotopic (exact) mass is 642 g/mol. The fraction of sp³-hybridized carbons (Fsp3) is 0.0938. The predicted molar refractivity (Wildman–Crippen MR) is 167 cm³/mol. The van der Waals surface area contributed by atoms with Gasteiger partial charge in [0.25, 0.3) is 5.91 Å². The van der Waals surface area contributed by atoms with Gasteiger partial charge in [-0.2, -0.15) is 0 Å². The number of rotatable bonds is 8. The maximum Gasteiger partial charge on any atom is 0.262 e. The van der Waals surface area contributed by atoms with E-state index in [2.05, 4.69) is 31.5 Å². The van der Waals surface area contributed by atoms with Crippen molar-refractivity contribution in [2.24, 2.45) is 0 Å². The summed E-state index contributed by atoms with van der Waals surface area (Å²) in [5.41, 5.74) is 2.53. The average Bonchev–Trinajstić information content (AvgIpc) is 3.62. The number of aromatic nitrogens is 1. The van der Waals surface area contributed by atoms with Crippen LogP contribution in [0.25, 0.3) is 11.3 Å². The largest absolute Gasteiger partial charge is 0.484 e. The van der Waals surface area contributed by atoms with E-state index in [9.17, 15) is 9.18 Å². The lowest BCUT2D eigenvalue weighted by Gasteiger charge is -2.26. The van der Waals surface area contributed by atoms with Crippen LogP contribution >= 0.6 is 28.1 Å². The van der Waals surface area contributed by atoms with Crippen molar-refractivity contribution < 1.29 is 18.3 Å². The van der Waals surface area contributed by atoms with Crippen molar-refractivity contribution in [3.8, 4) is 17.1 Å². The minimum atomic E-state index is -0.417. The number of pyridine rings is 1. The van der Waals surface area contributed by atoms with E-state index in [-0.39, 0.29) is 18.6 Å². The third-order valence-electron chi connectivity index (χ3n) is 6.76. The second kappa shape index (κ2) is 12.1. The molecule has 1 aliphatic rings. The lowest BCUT2D eigenvalue weighted by molar-refractivity contribution is -0.118. The number of hydrogen-bond acceptors (Lipinski definition) is 5. The molecule has 1 saturated heterocycles. The first-order chi connectivity index (χ1) is 20.5. The Hall–Kier alpha value is -4.54. The second-order valence-corrected chi connectivity index (χ2v) is 10.8. The SMILES string of the molecule is O=C(COc1ccccc1)Nc1ccc(N2C(=S)N[C@H](c3ccccn3)[C@@H]2c2ccc(-c3ccc(Br)cc3F)o2)cc1. The molecule has 7 nitrogen and oxygen atoms in total. The molecular weight excluding hydrogens is 619 g/mol. The number of para-hydroxylation sites is 1. The van der Waals surface area contributed by atoms with Gasteiger partial charge in [0.2, 0.25) is 0 Å². The van der Waals surface area contributed by atoms with Gasteiger partial charge in [0, 0.05) is 22.0 Å². The van der Waals surface area contributed by atoms with Gasteiger partial charge in [-0.25, -0.2) is 4.39 Å². The fourth-order valence-corrected chi connectivity index (χ4v) is 5.51. The highest BCUT2D eigenvalue weighted by atomic mass is 79.9. The van der Waals surface area contributed by atoms with Gasteiger partial charge in [0.15, 0.2) is 11.7 Å². The Morgan fingerprint density at radius 3 is 2.55 bits per heavy atom. The lowest BCUT2D eigenvalue weighted by Crippen LogP contribution is -2.29. The number of furan rings is 1. The number of ether oxygens (including phenoxy) is 1. The van der Waals surface area contributed by atoms with Crippen LogP contribution in [0.4, 0.5) is 15.8 Å². The number of carbonyl (C=O) groups is 1. The van der Waals surface area contributed by atoms with Crippen LogP contribution in [-0.4, -0.2) is 22.6 Å². The van der Waals surface area contributed by atoms with Gasteiger partial charge in [0.1, 0.15) is 29.1 Å². The third kappa shape index (κ3) is 5.90. The summed E-state index contributed by atoms with van der Waals surface area (Å²) < 4.78 is 27.2. The van der Waals surface area contributed by atoms with Crippen molar-refractivity contribution in [3.63, 3.8) is 0 Å². The van der Waals surface area contributed by atoms with E-state index < -0.39 is 11.9 Å². The maximum atomic E-state index is 14.7. The number of carbonyl (C=O) groups excluding carboxylic acids is 1. The van der Waals surface area contributed by atoms with Crippen molar-refractivity contribution in [1.29, 1.82) is 0 Å². The Morgan fingerprint density at radius 1 is 1.02 bits per heavy atom. The van der Waals surface area contributed by atoms with Crippen LogP contribution in [0, 0.1) is 5.82 Å². The smallest absolute Gasteiger partial charge is 0.262 e. The molecule has 0 radical (unpaired) electrons. The van der Waals surface area contributed by atoms with E-state index in [4.69, 9.17) is 21.4 Å². The van der Waals surface area contributed by atoms with E-state index in [1.165, 1.54) is 6.07 Å². The highest BCUT2D eigenvalue weighted by Crippen LogP contribution is 2.43. The van der Waals surface area contributed by atoms with Crippen molar-refractivity contribution in [2.45, 2.75) is 12.1 Å². The predicted octanol–water partition coefficient (Wildman–Crippen LogP) is 7.44. The Morgan fingerprint density at radius 2 is 1.81 bits per heavy atom. The Kier molecular flexibility index (Phi) is 7.98. The van der Waals surface area contributed by atoms with E-state index in [0.29, 0.717) is 38.1 Å². The Balaban J connectivity index is 1.26. The van der Waals surface area contributed by atoms with E-state index >= 15 is 0 Å². The molecule has 0 unspecified atom stereocenters. The summed E-state index contributed by atoms with van der Waals surface area (Å²) >= 11 is 9.09. The number of thiocarbonyl (C=S) groups is 1. The molecule has 3 heterocycles. The Labute approximate surface area is 255 Å². The standard InChI is InChI=1S/C32H24BrFN4O3S/c33-20-9-14-24(25(34)18-20)27-15-16-28(41-27)31-30(26-8-4-5-17-35-26)37-32(42)38(31)22-12-10-21(11-13-22)36-29(39)19-40-23-6-2-1-3-7-23/h1-18,30-31H,19H2,(H,36,39)(H,37,42)/t30-,31+/m1/s1. The van der Waals surface area contributed by atoms with Crippen molar-refractivity contribution in [1.82, 2.24) is 10.3 Å². The van der Waals surface area contributed by atoms with E-state index in [0.717, 1.165) is 11.4 Å². The van der Waals surface area contributed by atoms with E-state index in [1.54, 1.807) is 48.7 Å². The van der Waals surface area contributed by atoms with E-state index in [1.807, 2.05) is 59.5 Å². The maximum absolute atomic E-state index is 14.7. The average molecular weight is 644 g/mol. The highest BCUT2D eigenvalue weighted by Gasteiger charge is 2.42.